The standard InChI is InChI=1S/C19H24N8O/c1-5-26(12-11-25(4)19-23-14(2)13-15(3)24-19)18(28)17-16(7-6-8-20-17)27-21-9-10-22-27/h6-10,13H,5,11-12H2,1-4H3. The molecular formula is C19H24N8O. The molecule has 0 aliphatic rings. The van der Waals surface area contributed by atoms with E-state index < -0.39 is 0 Å². The van der Waals surface area contributed by atoms with E-state index in [1.54, 1.807) is 35.6 Å². The zero-order valence-corrected chi connectivity index (χ0v) is 16.6. The van der Waals surface area contributed by atoms with Gasteiger partial charge in [-0.1, -0.05) is 0 Å². The average Bonchev–Trinajstić information content (AvgIpc) is 3.22. The quantitative estimate of drug-likeness (QED) is 0.615. The summed E-state index contributed by atoms with van der Waals surface area (Å²) in [4.78, 5) is 31.4. The van der Waals surface area contributed by atoms with Crippen LogP contribution in [0, 0.1) is 13.8 Å². The second-order valence-corrected chi connectivity index (χ2v) is 6.45. The van der Waals surface area contributed by atoms with Gasteiger partial charge >= 0.3 is 0 Å². The highest BCUT2D eigenvalue weighted by molar-refractivity contribution is 5.95. The number of aromatic nitrogens is 6. The van der Waals surface area contributed by atoms with Crippen molar-refractivity contribution in [1.82, 2.24) is 34.8 Å². The summed E-state index contributed by atoms with van der Waals surface area (Å²) in [5, 5.41) is 8.23. The second kappa shape index (κ2) is 8.55. The Labute approximate surface area is 164 Å². The lowest BCUT2D eigenvalue weighted by molar-refractivity contribution is 0.0762. The number of pyridine rings is 1. The highest BCUT2D eigenvalue weighted by Crippen LogP contribution is 2.13. The number of aryl methyl sites for hydroxylation is 2. The highest BCUT2D eigenvalue weighted by atomic mass is 16.2. The van der Waals surface area contributed by atoms with Crippen molar-refractivity contribution in [3.63, 3.8) is 0 Å². The summed E-state index contributed by atoms with van der Waals surface area (Å²) in [6, 6.07) is 5.48. The van der Waals surface area contributed by atoms with Crippen LogP contribution in [0.2, 0.25) is 0 Å². The van der Waals surface area contributed by atoms with Crippen molar-refractivity contribution in [2.75, 3.05) is 31.6 Å². The Morgan fingerprint density at radius 3 is 2.39 bits per heavy atom. The Balaban J connectivity index is 1.74. The van der Waals surface area contributed by atoms with Gasteiger partial charge in [0.2, 0.25) is 5.95 Å². The van der Waals surface area contributed by atoms with E-state index >= 15 is 0 Å². The van der Waals surface area contributed by atoms with Crippen molar-refractivity contribution in [3.8, 4) is 5.69 Å². The number of amides is 1. The van der Waals surface area contributed by atoms with Crippen molar-refractivity contribution in [1.29, 1.82) is 0 Å². The van der Waals surface area contributed by atoms with Crippen molar-refractivity contribution in [2.24, 2.45) is 0 Å². The van der Waals surface area contributed by atoms with Gasteiger partial charge in [0, 0.05) is 44.3 Å². The summed E-state index contributed by atoms with van der Waals surface area (Å²) in [6.07, 6.45) is 4.73. The van der Waals surface area contributed by atoms with Crippen molar-refractivity contribution in [3.05, 3.63) is 53.9 Å². The van der Waals surface area contributed by atoms with Gasteiger partial charge in [0.05, 0.1) is 12.4 Å². The molecule has 3 heterocycles. The topological polar surface area (TPSA) is 92.9 Å². The predicted molar refractivity (Wildman–Crippen MR) is 106 cm³/mol. The van der Waals surface area contributed by atoms with Crippen LogP contribution in [0.1, 0.15) is 28.8 Å². The lowest BCUT2D eigenvalue weighted by Crippen LogP contribution is -2.38. The molecule has 0 saturated heterocycles. The maximum absolute atomic E-state index is 13.1. The van der Waals surface area contributed by atoms with Gasteiger partial charge in [-0.05, 0) is 39.0 Å². The van der Waals surface area contributed by atoms with Gasteiger partial charge in [0.25, 0.3) is 5.91 Å². The maximum Gasteiger partial charge on any atom is 0.274 e. The normalized spacial score (nSPS) is 10.7. The second-order valence-electron chi connectivity index (χ2n) is 6.45. The smallest absolute Gasteiger partial charge is 0.274 e. The fourth-order valence-electron chi connectivity index (χ4n) is 2.86. The number of carbonyl (C=O) groups is 1. The minimum atomic E-state index is -0.162. The minimum Gasteiger partial charge on any atom is -0.342 e. The first kappa shape index (κ1) is 19.4. The van der Waals surface area contributed by atoms with E-state index in [1.165, 1.54) is 4.80 Å². The van der Waals surface area contributed by atoms with E-state index in [9.17, 15) is 4.79 Å². The Hall–Kier alpha value is -3.36. The van der Waals surface area contributed by atoms with Gasteiger partial charge in [-0.2, -0.15) is 10.2 Å². The van der Waals surface area contributed by atoms with Gasteiger partial charge in [-0.25, -0.2) is 15.0 Å². The Morgan fingerprint density at radius 2 is 1.75 bits per heavy atom. The van der Waals surface area contributed by atoms with Crippen LogP contribution in [0.3, 0.4) is 0 Å². The molecule has 0 radical (unpaired) electrons. The van der Waals surface area contributed by atoms with Gasteiger partial charge in [-0.3, -0.25) is 4.79 Å². The number of carbonyl (C=O) groups excluding carboxylic acids is 1. The van der Waals surface area contributed by atoms with Crippen LogP contribution in [-0.2, 0) is 0 Å². The van der Waals surface area contributed by atoms with E-state index in [2.05, 4.69) is 25.1 Å². The fraction of sp³-hybridized carbons (Fsp3) is 0.368. The molecule has 0 aliphatic heterocycles. The summed E-state index contributed by atoms with van der Waals surface area (Å²) in [5.41, 5.74) is 2.72. The molecule has 9 nitrogen and oxygen atoms in total. The highest BCUT2D eigenvalue weighted by Gasteiger charge is 2.21. The molecule has 0 aliphatic carbocycles. The molecule has 0 saturated carbocycles. The van der Waals surface area contributed by atoms with E-state index in [4.69, 9.17) is 0 Å². The fourth-order valence-corrected chi connectivity index (χ4v) is 2.86. The molecule has 3 aromatic heterocycles. The number of hydrogen-bond donors (Lipinski definition) is 0. The van der Waals surface area contributed by atoms with E-state index in [0.717, 1.165) is 11.4 Å². The van der Waals surface area contributed by atoms with Crippen LogP contribution in [0.5, 0.6) is 0 Å². The molecule has 0 N–H and O–H groups in total. The molecule has 9 heteroatoms. The summed E-state index contributed by atoms with van der Waals surface area (Å²) >= 11 is 0. The SMILES string of the molecule is CCN(CCN(C)c1nc(C)cc(C)n1)C(=O)c1ncccc1-n1nccn1. The molecule has 0 bridgehead atoms. The van der Waals surface area contributed by atoms with Crippen LogP contribution < -0.4 is 4.90 Å². The van der Waals surface area contributed by atoms with E-state index in [-0.39, 0.29) is 5.91 Å². The van der Waals surface area contributed by atoms with Crippen LogP contribution >= 0.6 is 0 Å². The average molecular weight is 380 g/mol. The first-order valence-electron chi connectivity index (χ1n) is 9.14. The van der Waals surface area contributed by atoms with Gasteiger partial charge in [-0.15, -0.1) is 4.80 Å². The molecule has 0 atom stereocenters. The predicted octanol–water partition coefficient (Wildman–Crippen LogP) is 1.67. The lowest BCUT2D eigenvalue weighted by atomic mass is 10.2. The van der Waals surface area contributed by atoms with Crippen molar-refractivity contribution >= 4 is 11.9 Å². The third-order valence-corrected chi connectivity index (χ3v) is 4.31. The molecule has 146 valence electrons. The largest absolute Gasteiger partial charge is 0.342 e. The monoisotopic (exact) mass is 380 g/mol. The lowest BCUT2D eigenvalue weighted by Gasteiger charge is -2.25. The molecule has 0 spiro atoms. The van der Waals surface area contributed by atoms with Gasteiger partial charge < -0.3 is 9.80 Å². The molecule has 0 fully saturated rings. The van der Waals surface area contributed by atoms with Crippen LogP contribution in [0.15, 0.2) is 36.8 Å². The van der Waals surface area contributed by atoms with Crippen molar-refractivity contribution < 1.29 is 4.79 Å². The molecule has 1 amide bonds. The van der Waals surface area contributed by atoms with E-state index in [1.807, 2.05) is 38.8 Å². The Kier molecular flexibility index (Phi) is 5.93. The summed E-state index contributed by atoms with van der Waals surface area (Å²) in [7, 11) is 1.92. The molecular weight excluding hydrogens is 356 g/mol. The number of likely N-dealkylation sites (N-methyl/N-ethyl adjacent to an activating group) is 2. The third-order valence-electron chi connectivity index (χ3n) is 4.31. The number of hydrogen-bond acceptors (Lipinski definition) is 7. The zero-order chi connectivity index (χ0) is 20.1. The third kappa shape index (κ3) is 4.30. The maximum atomic E-state index is 13.1. The zero-order valence-electron chi connectivity index (χ0n) is 16.6. The Morgan fingerprint density at radius 1 is 1.07 bits per heavy atom. The molecule has 0 aromatic carbocycles. The molecule has 28 heavy (non-hydrogen) atoms. The van der Waals surface area contributed by atoms with Crippen LogP contribution in [0.4, 0.5) is 5.95 Å². The van der Waals surface area contributed by atoms with Crippen molar-refractivity contribution in [2.45, 2.75) is 20.8 Å². The number of nitrogens with zero attached hydrogens (tertiary/aromatic N) is 8. The Bertz CT molecular complexity index is 921. The number of anilines is 1. The molecule has 0 unspecified atom stereocenters. The summed E-state index contributed by atoms with van der Waals surface area (Å²) < 4.78 is 0. The van der Waals surface area contributed by atoms with Crippen LogP contribution in [-0.4, -0.2) is 67.4 Å². The first-order chi connectivity index (χ1) is 13.5. The van der Waals surface area contributed by atoms with E-state index in [0.29, 0.717) is 37.0 Å². The summed E-state index contributed by atoms with van der Waals surface area (Å²) in [5.74, 6) is 0.491. The molecule has 3 rings (SSSR count). The van der Waals surface area contributed by atoms with Crippen LogP contribution in [0.25, 0.3) is 5.69 Å². The first-order valence-corrected chi connectivity index (χ1v) is 9.14. The van der Waals surface area contributed by atoms with Gasteiger partial charge in [0.1, 0.15) is 5.69 Å². The number of rotatable bonds is 7. The minimum absolute atomic E-state index is 0.162. The molecule has 3 aromatic rings. The van der Waals surface area contributed by atoms with Gasteiger partial charge in [0.15, 0.2) is 5.69 Å². The summed E-state index contributed by atoms with van der Waals surface area (Å²) in [6.45, 7) is 7.51.